The van der Waals surface area contributed by atoms with Gasteiger partial charge in [0.25, 0.3) is 0 Å². The molecule has 3 atom stereocenters. The third-order valence-electron chi connectivity index (χ3n) is 4.07. The van der Waals surface area contributed by atoms with E-state index in [1.54, 1.807) is 0 Å². The molecule has 1 aromatic rings. The van der Waals surface area contributed by atoms with Crippen molar-refractivity contribution in [3.63, 3.8) is 0 Å². The van der Waals surface area contributed by atoms with Crippen molar-refractivity contribution >= 4 is 0 Å². The molecule has 1 saturated carbocycles. The zero-order valence-electron chi connectivity index (χ0n) is 10.6. The van der Waals surface area contributed by atoms with Crippen molar-refractivity contribution < 1.29 is 4.52 Å². The molecule has 3 heteroatoms. The van der Waals surface area contributed by atoms with Crippen LogP contribution in [0.2, 0.25) is 0 Å². The molecular weight excluding hydrogens is 200 g/mol. The smallest absolute Gasteiger partial charge is 0.223 e. The van der Waals surface area contributed by atoms with E-state index in [1.807, 2.05) is 6.92 Å². The molecular formula is C13H22N2O. The van der Waals surface area contributed by atoms with Gasteiger partial charge in [0.15, 0.2) is 5.82 Å². The lowest BCUT2D eigenvalue weighted by Crippen LogP contribution is -2.24. The van der Waals surface area contributed by atoms with E-state index >= 15 is 0 Å². The molecule has 1 aromatic heterocycles. The predicted octanol–water partition coefficient (Wildman–Crippen LogP) is 3.70. The molecule has 1 aliphatic carbocycles. The van der Waals surface area contributed by atoms with E-state index in [9.17, 15) is 0 Å². The number of aryl methyl sites for hydroxylation is 1. The van der Waals surface area contributed by atoms with Crippen LogP contribution < -0.4 is 0 Å². The molecule has 0 radical (unpaired) electrons. The second kappa shape index (κ2) is 4.98. The van der Waals surface area contributed by atoms with Crippen molar-refractivity contribution in [1.82, 2.24) is 10.1 Å². The van der Waals surface area contributed by atoms with Crippen molar-refractivity contribution in [2.45, 2.75) is 58.8 Å². The van der Waals surface area contributed by atoms with Crippen LogP contribution >= 0.6 is 0 Å². The molecule has 0 aliphatic heterocycles. The maximum atomic E-state index is 5.12. The lowest BCUT2D eigenvalue weighted by Gasteiger charge is -2.33. The molecule has 0 amide bonds. The monoisotopic (exact) mass is 222 g/mol. The van der Waals surface area contributed by atoms with E-state index in [2.05, 4.69) is 24.0 Å². The van der Waals surface area contributed by atoms with Crippen LogP contribution in [0.3, 0.4) is 0 Å². The van der Waals surface area contributed by atoms with Gasteiger partial charge in [-0.3, -0.25) is 0 Å². The fraction of sp³-hybridized carbons (Fsp3) is 0.846. The molecule has 0 N–H and O–H groups in total. The van der Waals surface area contributed by atoms with Gasteiger partial charge >= 0.3 is 0 Å². The molecule has 1 fully saturated rings. The van der Waals surface area contributed by atoms with Gasteiger partial charge in [-0.05, 0) is 24.7 Å². The number of hydrogen-bond acceptors (Lipinski definition) is 3. The lowest BCUT2D eigenvalue weighted by atomic mass is 9.72. The maximum absolute atomic E-state index is 5.12. The van der Waals surface area contributed by atoms with Gasteiger partial charge in [0.05, 0.1) is 0 Å². The summed E-state index contributed by atoms with van der Waals surface area (Å²) < 4.78 is 5.12. The van der Waals surface area contributed by atoms with Gasteiger partial charge < -0.3 is 4.52 Å². The fourth-order valence-electron chi connectivity index (χ4n) is 2.93. The highest BCUT2D eigenvalue weighted by molar-refractivity contribution is 5.00. The van der Waals surface area contributed by atoms with Crippen molar-refractivity contribution in [3.8, 4) is 0 Å². The first-order valence-corrected chi connectivity index (χ1v) is 6.52. The normalized spacial score (nSPS) is 27.9. The van der Waals surface area contributed by atoms with Gasteiger partial charge in [-0.25, -0.2) is 0 Å². The van der Waals surface area contributed by atoms with Crippen molar-refractivity contribution in [2.24, 2.45) is 11.8 Å². The SMILES string of the molecule is CC[C@H](C)[C@@H]1CCCCC1c1noc(C)n1. The first kappa shape index (κ1) is 11.6. The van der Waals surface area contributed by atoms with Crippen LogP contribution in [0, 0.1) is 18.8 Å². The average molecular weight is 222 g/mol. The third-order valence-corrected chi connectivity index (χ3v) is 4.07. The van der Waals surface area contributed by atoms with E-state index in [4.69, 9.17) is 4.52 Å². The van der Waals surface area contributed by atoms with Gasteiger partial charge in [0, 0.05) is 12.8 Å². The largest absolute Gasteiger partial charge is 0.340 e. The molecule has 0 aromatic carbocycles. The Morgan fingerprint density at radius 1 is 1.38 bits per heavy atom. The fourth-order valence-corrected chi connectivity index (χ4v) is 2.93. The average Bonchev–Trinajstić information content (AvgIpc) is 2.75. The minimum absolute atomic E-state index is 0.529. The van der Waals surface area contributed by atoms with Crippen LogP contribution in [0.25, 0.3) is 0 Å². The van der Waals surface area contributed by atoms with Crippen LogP contribution in [0.4, 0.5) is 0 Å². The second-order valence-electron chi connectivity index (χ2n) is 5.11. The molecule has 0 saturated heterocycles. The Labute approximate surface area is 97.6 Å². The summed E-state index contributed by atoms with van der Waals surface area (Å²) >= 11 is 0. The van der Waals surface area contributed by atoms with Gasteiger partial charge in [-0.15, -0.1) is 0 Å². The molecule has 0 bridgehead atoms. The molecule has 1 heterocycles. The summed E-state index contributed by atoms with van der Waals surface area (Å²) in [6, 6.07) is 0. The maximum Gasteiger partial charge on any atom is 0.223 e. The zero-order chi connectivity index (χ0) is 11.5. The van der Waals surface area contributed by atoms with Crippen LogP contribution in [-0.2, 0) is 0 Å². The van der Waals surface area contributed by atoms with E-state index < -0.39 is 0 Å². The summed E-state index contributed by atoms with van der Waals surface area (Å²) in [5, 5.41) is 4.12. The quantitative estimate of drug-likeness (QED) is 0.782. The van der Waals surface area contributed by atoms with Crippen molar-refractivity contribution in [3.05, 3.63) is 11.7 Å². The Bertz CT molecular complexity index is 334. The number of nitrogens with zero attached hydrogens (tertiary/aromatic N) is 2. The first-order chi connectivity index (χ1) is 7.72. The summed E-state index contributed by atoms with van der Waals surface area (Å²) in [7, 11) is 0. The van der Waals surface area contributed by atoms with Crippen LogP contribution in [0.5, 0.6) is 0 Å². The van der Waals surface area contributed by atoms with Crippen LogP contribution in [0.1, 0.15) is 63.6 Å². The molecule has 1 aliphatic rings. The van der Waals surface area contributed by atoms with Gasteiger partial charge in [-0.2, -0.15) is 4.98 Å². The third kappa shape index (κ3) is 2.28. The predicted molar refractivity (Wildman–Crippen MR) is 63.2 cm³/mol. The Morgan fingerprint density at radius 3 is 2.75 bits per heavy atom. The number of rotatable bonds is 3. The number of hydrogen-bond donors (Lipinski definition) is 0. The molecule has 90 valence electrons. The first-order valence-electron chi connectivity index (χ1n) is 6.52. The minimum Gasteiger partial charge on any atom is -0.340 e. The Morgan fingerprint density at radius 2 is 2.12 bits per heavy atom. The summed E-state index contributed by atoms with van der Waals surface area (Å²) in [4.78, 5) is 4.42. The Kier molecular flexibility index (Phi) is 3.62. The highest BCUT2D eigenvalue weighted by atomic mass is 16.5. The van der Waals surface area contributed by atoms with E-state index in [-0.39, 0.29) is 0 Å². The van der Waals surface area contributed by atoms with Crippen LogP contribution in [-0.4, -0.2) is 10.1 Å². The molecule has 0 spiro atoms. The van der Waals surface area contributed by atoms with E-state index in [1.165, 1.54) is 32.1 Å². The Hall–Kier alpha value is -0.860. The van der Waals surface area contributed by atoms with E-state index in [0.717, 1.165) is 17.7 Å². The summed E-state index contributed by atoms with van der Waals surface area (Å²) in [6.45, 7) is 6.51. The highest BCUT2D eigenvalue weighted by Crippen LogP contribution is 2.41. The van der Waals surface area contributed by atoms with Crippen molar-refractivity contribution in [2.75, 3.05) is 0 Å². The van der Waals surface area contributed by atoms with Crippen LogP contribution in [0.15, 0.2) is 4.52 Å². The number of aromatic nitrogens is 2. The Balaban J connectivity index is 2.16. The van der Waals surface area contributed by atoms with E-state index in [0.29, 0.717) is 11.8 Å². The van der Waals surface area contributed by atoms with Gasteiger partial charge in [0.1, 0.15) is 0 Å². The van der Waals surface area contributed by atoms with Gasteiger partial charge in [-0.1, -0.05) is 38.3 Å². The molecule has 2 rings (SSSR count). The molecule has 16 heavy (non-hydrogen) atoms. The topological polar surface area (TPSA) is 38.9 Å². The summed E-state index contributed by atoms with van der Waals surface area (Å²) in [5.41, 5.74) is 0. The lowest BCUT2D eigenvalue weighted by molar-refractivity contribution is 0.210. The minimum atomic E-state index is 0.529. The highest BCUT2D eigenvalue weighted by Gasteiger charge is 2.32. The second-order valence-corrected chi connectivity index (χ2v) is 5.11. The van der Waals surface area contributed by atoms with Crippen molar-refractivity contribution in [1.29, 1.82) is 0 Å². The summed E-state index contributed by atoms with van der Waals surface area (Å²) in [6.07, 6.45) is 6.48. The standard InChI is InChI=1S/C13H22N2O/c1-4-9(2)11-7-5-6-8-12(11)13-14-10(3)16-15-13/h9,11-12H,4-8H2,1-3H3/t9-,11-,12?/m0/s1. The van der Waals surface area contributed by atoms with Gasteiger partial charge in [0.2, 0.25) is 5.89 Å². The summed E-state index contributed by atoms with van der Waals surface area (Å²) in [5.74, 6) is 3.69. The molecule has 1 unspecified atom stereocenters. The molecule has 3 nitrogen and oxygen atoms in total. The zero-order valence-corrected chi connectivity index (χ0v) is 10.6.